The molecule has 5 nitrogen and oxygen atoms in total. The molecule has 1 heterocycles. The topological polar surface area (TPSA) is 63.7 Å². The minimum absolute atomic E-state index is 0.0451. The van der Waals surface area contributed by atoms with Crippen LogP contribution in [0.3, 0.4) is 0 Å². The van der Waals surface area contributed by atoms with Crippen molar-refractivity contribution in [3.05, 3.63) is 65.2 Å². The number of benzene rings is 2. The van der Waals surface area contributed by atoms with Crippen molar-refractivity contribution in [1.29, 1.82) is 0 Å². The first-order valence-electron chi connectivity index (χ1n) is 8.21. The number of nitrogens with zero attached hydrogens (tertiary/aromatic N) is 1. The maximum absolute atomic E-state index is 12.5. The number of sulfone groups is 1. The van der Waals surface area contributed by atoms with Crippen molar-refractivity contribution in [3.8, 4) is 0 Å². The Morgan fingerprint density at radius 3 is 2.20 bits per heavy atom. The minimum atomic E-state index is -3.40. The van der Waals surface area contributed by atoms with E-state index in [2.05, 4.69) is 0 Å². The molecule has 1 aliphatic heterocycles. The first kappa shape index (κ1) is 17.6. The number of hydrogen-bond acceptors (Lipinski definition) is 4. The molecule has 1 aliphatic rings. The van der Waals surface area contributed by atoms with E-state index in [1.54, 1.807) is 53.4 Å². The van der Waals surface area contributed by atoms with Crippen LogP contribution in [0.15, 0.2) is 53.4 Å². The Labute approximate surface area is 148 Å². The summed E-state index contributed by atoms with van der Waals surface area (Å²) in [5, 5.41) is 0. The van der Waals surface area contributed by atoms with Gasteiger partial charge in [-0.15, -0.1) is 0 Å². The molecule has 1 fully saturated rings. The molecular formula is C19H21NO4S. The fourth-order valence-corrected chi connectivity index (χ4v) is 4.09. The van der Waals surface area contributed by atoms with Crippen molar-refractivity contribution in [3.63, 3.8) is 0 Å². The van der Waals surface area contributed by atoms with Gasteiger partial charge in [0.25, 0.3) is 5.91 Å². The molecule has 2 aromatic carbocycles. The van der Waals surface area contributed by atoms with Crippen LogP contribution in [0.4, 0.5) is 0 Å². The Kier molecular flexibility index (Phi) is 5.20. The van der Waals surface area contributed by atoms with Crippen LogP contribution < -0.4 is 0 Å². The quantitative estimate of drug-likeness (QED) is 0.841. The van der Waals surface area contributed by atoms with Gasteiger partial charge in [0, 0.05) is 18.7 Å². The lowest BCUT2D eigenvalue weighted by atomic mass is 10.1. The van der Waals surface area contributed by atoms with E-state index < -0.39 is 9.84 Å². The summed E-state index contributed by atoms with van der Waals surface area (Å²) in [5.41, 5.74) is 2.25. The maximum atomic E-state index is 12.5. The number of morpholine rings is 1. The number of ether oxygens (including phenoxy) is 1. The molecule has 25 heavy (non-hydrogen) atoms. The highest BCUT2D eigenvalue weighted by Crippen LogP contribution is 2.18. The molecule has 0 saturated carbocycles. The van der Waals surface area contributed by atoms with E-state index in [0.29, 0.717) is 42.3 Å². The molecule has 0 aromatic heterocycles. The molecule has 0 N–H and O–H groups in total. The van der Waals surface area contributed by atoms with Gasteiger partial charge in [-0.25, -0.2) is 8.42 Å². The van der Waals surface area contributed by atoms with Gasteiger partial charge >= 0.3 is 0 Å². The molecule has 132 valence electrons. The SMILES string of the molecule is Cc1ccc(S(=O)(=O)Cc2ccc(C(=O)N3CCOCC3)cc2)cc1. The first-order chi connectivity index (χ1) is 12.0. The van der Waals surface area contributed by atoms with Gasteiger partial charge in [0.15, 0.2) is 9.84 Å². The van der Waals surface area contributed by atoms with E-state index in [9.17, 15) is 13.2 Å². The summed E-state index contributed by atoms with van der Waals surface area (Å²) in [6.07, 6.45) is 0. The zero-order valence-corrected chi connectivity index (χ0v) is 15.0. The van der Waals surface area contributed by atoms with Crippen LogP contribution in [0.25, 0.3) is 0 Å². The van der Waals surface area contributed by atoms with Crippen LogP contribution in [0.1, 0.15) is 21.5 Å². The van der Waals surface area contributed by atoms with E-state index >= 15 is 0 Å². The zero-order valence-electron chi connectivity index (χ0n) is 14.1. The largest absolute Gasteiger partial charge is 0.378 e. The van der Waals surface area contributed by atoms with Crippen LogP contribution in [-0.4, -0.2) is 45.5 Å². The summed E-state index contributed by atoms with van der Waals surface area (Å²) >= 11 is 0. The number of carbonyl (C=O) groups is 1. The molecule has 0 bridgehead atoms. The minimum Gasteiger partial charge on any atom is -0.378 e. The van der Waals surface area contributed by atoms with Gasteiger partial charge in [-0.05, 0) is 36.8 Å². The molecular weight excluding hydrogens is 338 g/mol. The van der Waals surface area contributed by atoms with Gasteiger partial charge in [0.05, 0.1) is 23.9 Å². The average molecular weight is 359 g/mol. The smallest absolute Gasteiger partial charge is 0.254 e. The first-order valence-corrected chi connectivity index (χ1v) is 9.86. The predicted octanol–water partition coefficient (Wildman–Crippen LogP) is 2.44. The second-order valence-corrected chi connectivity index (χ2v) is 8.16. The Morgan fingerprint density at radius 2 is 1.60 bits per heavy atom. The second kappa shape index (κ2) is 7.37. The monoisotopic (exact) mass is 359 g/mol. The average Bonchev–Trinajstić information content (AvgIpc) is 2.62. The summed E-state index contributed by atoms with van der Waals surface area (Å²) in [6.45, 7) is 4.20. The third kappa shape index (κ3) is 4.27. The van der Waals surface area contributed by atoms with E-state index in [4.69, 9.17) is 4.74 Å². The Balaban J connectivity index is 1.71. The number of carbonyl (C=O) groups excluding carboxylic acids is 1. The van der Waals surface area contributed by atoms with Crippen LogP contribution in [0.5, 0.6) is 0 Å². The van der Waals surface area contributed by atoms with Crippen LogP contribution in [-0.2, 0) is 20.3 Å². The molecule has 0 radical (unpaired) electrons. The Bertz CT molecular complexity index is 836. The van der Waals surface area contributed by atoms with Crippen molar-refractivity contribution < 1.29 is 17.9 Å². The van der Waals surface area contributed by atoms with E-state index in [-0.39, 0.29) is 11.7 Å². The molecule has 0 unspecified atom stereocenters. The lowest BCUT2D eigenvalue weighted by Gasteiger charge is -2.26. The highest BCUT2D eigenvalue weighted by atomic mass is 32.2. The van der Waals surface area contributed by atoms with Crippen LogP contribution >= 0.6 is 0 Å². The molecule has 3 rings (SSSR count). The third-order valence-corrected chi connectivity index (χ3v) is 5.94. The van der Waals surface area contributed by atoms with E-state index in [1.165, 1.54) is 0 Å². The standard InChI is InChI=1S/C19H21NO4S/c1-15-2-8-18(9-3-15)25(22,23)14-16-4-6-17(7-5-16)19(21)20-10-12-24-13-11-20/h2-9H,10-14H2,1H3. The van der Waals surface area contributed by atoms with Gasteiger partial charge < -0.3 is 9.64 Å². The molecule has 0 aliphatic carbocycles. The normalized spacial score (nSPS) is 15.2. The molecule has 1 saturated heterocycles. The summed E-state index contributed by atoms with van der Waals surface area (Å²) in [7, 11) is -3.40. The van der Waals surface area contributed by atoms with E-state index in [0.717, 1.165) is 5.56 Å². The van der Waals surface area contributed by atoms with Gasteiger partial charge in [-0.3, -0.25) is 4.79 Å². The second-order valence-electron chi connectivity index (χ2n) is 6.17. The molecule has 0 atom stereocenters. The van der Waals surface area contributed by atoms with Crippen LogP contribution in [0.2, 0.25) is 0 Å². The lowest BCUT2D eigenvalue weighted by molar-refractivity contribution is 0.0303. The number of amides is 1. The van der Waals surface area contributed by atoms with Gasteiger partial charge in [-0.1, -0.05) is 29.8 Å². The van der Waals surface area contributed by atoms with E-state index in [1.807, 2.05) is 6.92 Å². The summed E-state index contributed by atoms with van der Waals surface area (Å²) < 4.78 is 30.2. The highest BCUT2D eigenvalue weighted by molar-refractivity contribution is 7.90. The summed E-state index contributed by atoms with van der Waals surface area (Å²) in [6, 6.07) is 13.6. The van der Waals surface area contributed by atoms with Crippen molar-refractivity contribution in [2.75, 3.05) is 26.3 Å². The predicted molar refractivity (Wildman–Crippen MR) is 95.2 cm³/mol. The van der Waals surface area contributed by atoms with Gasteiger partial charge in [0.1, 0.15) is 0 Å². The lowest BCUT2D eigenvalue weighted by Crippen LogP contribution is -2.40. The number of aryl methyl sites for hydroxylation is 1. The molecule has 2 aromatic rings. The van der Waals surface area contributed by atoms with Gasteiger partial charge in [0.2, 0.25) is 0 Å². The van der Waals surface area contributed by atoms with Gasteiger partial charge in [-0.2, -0.15) is 0 Å². The highest BCUT2D eigenvalue weighted by Gasteiger charge is 2.19. The Morgan fingerprint density at radius 1 is 1.00 bits per heavy atom. The Hall–Kier alpha value is -2.18. The van der Waals surface area contributed by atoms with Crippen molar-refractivity contribution in [2.45, 2.75) is 17.6 Å². The summed E-state index contributed by atoms with van der Waals surface area (Å²) in [4.78, 5) is 14.5. The van der Waals surface area contributed by atoms with Crippen LogP contribution in [0, 0.1) is 6.92 Å². The van der Waals surface area contributed by atoms with Crippen molar-refractivity contribution >= 4 is 15.7 Å². The maximum Gasteiger partial charge on any atom is 0.254 e. The van der Waals surface area contributed by atoms with Crippen molar-refractivity contribution in [2.24, 2.45) is 0 Å². The fraction of sp³-hybridized carbons (Fsp3) is 0.316. The molecule has 1 amide bonds. The molecule has 0 spiro atoms. The number of hydrogen-bond donors (Lipinski definition) is 0. The van der Waals surface area contributed by atoms with Crippen molar-refractivity contribution in [1.82, 2.24) is 4.90 Å². The summed E-state index contributed by atoms with van der Waals surface area (Å²) in [5.74, 6) is -0.126. The number of rotatable bonds is 4. The zero-order chi connectivity index (χ0) is 17.9. The third-order valence-electron chi connectivity index (χ3n) is 4.24. The fourth-order valence-electron chi connectivity index (χ4n) is 2.74. The molecule has 6 heteroatoms.